The van der Waals surface area contributed by atoms with Crippen LogP contribution >= 0.6 is 0 Å². The third-order valence-corrected chi connectivity index (χ3v) is 5.13. The van der Waals surface area contributed by atoms with Crippen LogP contribution in [0.25, 0.3) is 0 Å². The van der Waals surface area contributed by atoms with Crippen molar-refractivity contribution in [2.45, 2.75) is 46.1 Å². The molecule has 1 atom stereocenters. The summed E-state index contributed by atoms with van der Waals surface area (Å²) in [6.07, 6.45) is 2.75. The Hall–Kier alpha value is -0.130. The van der Waals surface area contributed by atoms with Gasteiger partial charge in [-0.2, -0.15) is 0 Å². The fourth-order valence-electron chi connectivity index (χ4n) is 1.99. The topological polar surface area (TPSA) is 49.4 Å². The second-order valence-corrected chi connectivity index (χ2v) is 8.20. The summed E-state index contributed by atoms with van der Waals surface area (Å²) in [5.41, 5.74) is 0.0747. The number of piperidine rings is 1. The van der Waals surface area contributed by atoms with Gasteiger partial charge < -0.3 is 5.32 Å². The minimum Gasteiger partial charge on any atom is -0.316 e. The minimum absolute atomic E-state index is 0.0747. The Bertz CT molecular complexity index is 333. The standard InChI is InChI=1S/C12H26N2O2S/c1-12(2,3)7-9-17(15,16)14-8-5-6-11(10-14)13-4/h11,13H,5-10H2,1-4H3. The summed E-state index contributed by atoms with van der Waals surface area (Å²) in [5.74, 6) is 0.271. The molecule has 5 heteroatoms. The molecule has 0 aromatic carbocycles. The largest absolute Gasteiger partial charge is 0.316 e. The highest BCUT2D eigenvalue weighted by molar-refractivity contribution is 7.89. The van der Waals surface area contributed by atoms with Gasteiger partial charge >= 0.3 is 0 Å². The van der Waals surface area contributed by atoms with Crippen LogP contribution in [0.2, 0.25) is 0 Å². The Morgan fingerprint density at radius 3 is 2.53 bits per heavy atom. The molecular weight excluding hydrogens is 236 g/mol. The first kappa shape index (κ1) is 14.9. The van der Waals surface area contributed by atoms with Crippen molar-refractivity contribution in [1.82, 2.24) is 9.62 Å². The van der Waals surface area contributed by atoms with E-state index in [0.717, 1.165) is 19.3 Å². The summed E-state index contributed by atoms with van der Waals surface area (Å²) in [5, 5.41) is 3.17. The van der Waals surface area contributed by atoms with Crippen molar-refractivity contribution in [3.05, 3.63) is 0 Å². The van der Waals surface area contributed by atoms with Crippen LogP contribution in [0.5, 0.6) is 0 Å². The van der Waals surface area contributed by atoms with Crippen LogP contribution in [0.1, 0.15) is 40.0 Å². The normalized spacial score (nSPS) is 23.9. The first-order chi connectivity index (χ1) is 7.74. The van der Waals surface area contributed by atoms with E-state index in [1.165, 1.54) is 0 Å². The summed E-state index contributed by atoms with van der Waals surface area (Å²) in [6, 6.07) is 0.313. The van der Waals surface area contributed by atoms with Crippen LogP contribution in [0.3, 0.4) is 0 Å². The van der Waals surface area contributed by atoms with Gasteiger partial charge in [-0.15, -0.1) is 0 Å². The van der Waals surface area contributed by atoms with Gasteiger partial charge in [0.15, 0.2) is 0 Å². The summed E-state index contributed by atoms with van der Waals surface area (Å²) in [7, 11) is -1.17. The second kappa shape index (κ2) is 5.67. The predicted molar refractivity (Wildman–Crippen MR) is 71.5 cm³/mol. The molecule has 1 saturated heterocycles. The van der Waals surface area contributed by atoms with Crippen molar-refractivity contribution in [1.29, 1.82) is 0 Å². The third-order valence-electron chi connectivity index (χ3n) is 3.30. The van der Waals surface area contributed by atoms with Crippen molar-refractivity contribution < 1.29 is 8.42 Å². The smallest absolute Gasteiger partial charge is 0.214 e. The molecule has 17 heavy (non-hydrogen) atoms. The van der Waals surface area contributed by atoms with E-state index >= 15 is 0 Å². The average Bonchev–Trinajstić information content (AvgIpc) is 2.26. The molecule has 4 nitrogen and oxygen atoms in total. The van der Waals surface area contributed by atoms with E-state index in [4.69, 9.17) is 0 Å². The summed E-state index contributed by atoms with van der Waals surface area (Å²) >= 11 is 0. The summed E-state index contributed by atoms with van der Waals surface area (Å²) in [4.78, 5) is 0. The molecule has 0 amide bonds. The lowest BCUT2D eigenvalue weighted by molar-refractivity contribution is 0.290. The molecule has 1 aliphatic rings. The number of nitrogens with one attached hydrogen (secondary N) is 1. The minimum atomic E-state index is -3.07. The molecule has 1 aliphatic heterocycles. The Labute approximate surface area is 106 Å². The lowest BCUT2D eigenvalue weighted by Gasteiger charge is -2.32. The van der Waals surface area contributed by atoms with Gasteiger partial charge in [0.2, 0.25) is 10.0 Å². The van der Waals surface area contributed by atoms with Gasteiger partial charge in [0.05, 0.1) is 5.75 Å². The van der Waals surface area contributed by atoms with Crippen LogP contribution < -0.4 is 5.32 Å². The summed E-state index contributed by atoms with van der Waals surface area (Å²) < 4.78 is 26.0. The van der Waals surface area contributed by atoms with Crippen molar-refractivity contribution in [2.24, 2.45) is 5.41 Å². The molecule has 1 rings (SSSR count). The Morgan fingerprint density at radius 2 is 2.00 bits per heavy atom. The van der Waals surface area contributed by atoms with Gasteiger partial charge in [0.25, 0.3) is 0 Å². The van der Waals surface area contributed by atoms with Crippen LogP contribution in [0.4, 0.5) is 0 Å². The SMILES string of the molecule is CNC1CCCN(S(=O)(=O)CCC(C)(C)C)C1. The zero-order valence-electron chi connectivity index (χ0n) is 11.5. The maximum absolute atomic E-state index is 12.2. The predicted octanol–water partition coefficient (Wildman–Crippen LogP) is 1.44. The van der Waals surface area contributed by atoms with E-state index in [1.807, 2.05) is 7.05 Å². The molecule has 0 saturated carbocycles. The number of nitrogens with zero attached hydrogens (tertiary/aromatic N) is 1. The van der Waals surface area contributed by atoms with Gasteiger partial charge in [-0.25, -0.2) is 12.7 Å². The summed E-state index contributed by atoms with van der Waals surface area (Å²) in [6.45, 7) is 7.55. The van der Waals surface area contributed by atoms with Crippen molar-refractivity contribution in [3.8, 4) is 0 Å². The van der Waals surface area contributed by atoms with Crippen molar-refractivity contribution >= 4 is 10.0 Å². The van der Waals surface area contributed by atoms with E-state index < -0.39 is 10.0 Å². The van der Waals surface area contributed by atoms with E-state index in [1.54, 1.807) is 4.31 Å². The van der Waals surface area contributed by atoms with Gasteiger partial charge in [0.1, 0.15) is 0 Å². The molecule has 1 N–H and O–H groups in total. The molecule has 102 valence electrons. The quantitative estimate of drug-likeness (QED) is 0.834. The molecule has 1 fully saturated rings. The third kappa shape index (κ3) is 4.94. The molecule has 0 spiro atoms. The first-order valence-corrected chi connectivity index (χ1v) is 8.00. The van der Waals surface area contributed by atoms with E-state index in [2.05, 4.69) is 26.1 Å². The van der Waals surface area contributed by atoms with Crippen LogP contribution in [-0.4, -0.2) is 44.7 Å². The molecule has 0 bridgehead atoms. The molecule has 1 unspecified atom stereocenters. The maximum atomic E-state index is 12.2. The van der Waals surface area contributed by atoms with Gasteiger partial charge in [-0.05, 0) is 31.7 Å². The van der Waals surface area contributed by atoms with Gasteiger partial charge in [-0.3, -0.25) is 0 Å². The molecule has 0 aliphatic carbocycles. The van der Waals surface area contributed by atoms with E-state index in [0.29, 0.717) is 19.1 Å². The van der Waals surface area contributed by atoms with Crippen LogP contribution in [0, 0.1) is 5.41 Å². The highest BCUT2D eigenvalue weighted by Gasteiger charge is 2.29. The highest BCUT2D eigenvalue weighted by Crippen LogP contribution is 2.22. The number of hydrogen-bond acceptors (Lipinski definition) is 3. The van der Waals surface area contributed by atoms with Gasteiger partial charge in [0, 0.05) is 19.1 Å². The monoisotopic (exact) mass is 262 g/mol. The Morgan fingerprint density at radius 1 is 1.35 bits per heavy atom. The van der Waals surface area contributed by atoms with Crippen LogP contribution in [0.15, 0.2) is 0 Å². The number of sulfonamides is 1. The Kier molecular flexibility index (Phi) is 4.98. The van der Waals surface area contributed by atoms with Crippen LogP contribution in [-0.2, 0) is 10.0 Å². The van der Waals surface area contributed by atoms with Crippen molar-refractivity contribution in [2.75, 3.05) is 25.9 Å². The second-order valence-electron chi connectivity index (χ2n) is 6.11. The number of hydrogen-bond donors (Lipinski definition) is 1. The van der Waals surface area contributed by atoms with E-state index in [-0.39, 0.29) is 11.2 Å². The number of rotatable bonds is 4. The van der Waals surface area contributed by atoms with Gasteiger partial charge in [-0.1, -0.05) is 20.8 Å². The highest BCUT2D eigenvalue weighted by atomic mass is 32.2. The maximum Gasteiger partial charge on any atom is 0.214 e. The average molecular weight is 262 g/mol. The fourth-order valence-corrected chi connectivity index (χ4v) is 3.94. The zero-order chi connectivity index (χ0) is 13.1. The number of likely N-dealkylation sites (N-methyl/N-ethyl adjacent to an activating group) is 1. The lowest BCUT2D eigenvalue weighted by atomic mass is 9.94. The first-order valence-electron chi connectivity index (χ1n) is 6.40. The fraction of sp³-hybridized carbons (Fsp3) is 1.00. The molecule has 0 aromatic heterocycles. The molecule has 0 aromatic rings. The zero-order valence-corrected chi connectivity index (χ0v) is 12.3. The van der Waals surface area contributed by atoms with Crippen molar-refractivity contribution in [3.63, 3.8) is 0 Å². The molecule has 1 heterocycles. The Balaban J connectivity index is 2.57. The molecule has 0 radical (unpaired) electrons. The van der Waals surface area contributed by atoms with E-state index in [9.17, 15) is 8.42 Å². The molecular formula is C12H26N2O2S. The lowest BCUT2D eigenvalue weighted by Crippen LogP contribution is -2.47.